The zero-order chi connectivity index (χ0) is 47.9. The zero-order valence-corrected chi connectivity index (χ0v) is 40.3. The molecule has 10 rings (SSSR count). The van der Waals surface area contributed by atoms with Crippen molar-refractivity contribution in [3.05, 3.63) is 71.1 Å². The summed E-state index contributed by atoms with van der Waals surface area (Å²) in [6.07, 6.45) is 8.97. The van der Waals surface area contributed by atoms with Gasteiger partial charge >= 0.3 is 0 Å². The number of piperidine rings is 3. The first-order chi connectivity index (χ1) is 33.2. The Bertz CT molecular complexity index is 2440. The van der Waals surface area contributed by atoms with Gasteiger partial charge in [0.05, 0.1) is 17.8 Å². The van der Waals surface area contributed by atoms with Gasteiger partial charge in [-0.05, 0) is 125 Å². The Labute approximate surface area is 403 Å². The molecular weight excluding hydrogens is 883 g/mol. The lowest BCUT2D eigenvalue weighted by Crippen LogP contribution is -2.66. The number of fused-ring (bicyclic) bond motifs is 1. The fourth-order valence-corrected chi connectivity index (χ4v) is 12.0. The minimum Gasteiger partial charge on any atom is -0.385 e. The van der Waals surface area contributed by atoms with Gasteiger partial charge in [-0.25, -0.2) is 18.7 Å². The van der Waals surface area contributed by atoms with Gasteiger partial charge in [-0.2, -0.15) is 0 Å². The van der Waals surface area contributed by atoms with Crippen molar-refractivity contribution in [2.24, 2.45) is 10.8 Å². The Morgan fingerprint density at radius 1 is 0.739 bits per heavy atom. The number of carbonyl (C=O) groups excluding carboxylic acids is 4. The molecule has 3 aromatic rings. The lowest BCUT2D eigenvalue weighted by atomic mass is 9.82. The SMILES string of the molecule is CC1(C)CCN(Cc2cc(F)c(N3CC(=O)NC4(CCN(c5cc(NCCN6CC[C@@]7(CCN(CCCNc8ccc9c(c8)CN(C8CCC(=O)NC8=O)C9=O)C7)C6)ncn5)CC4)C3)cc2F)CC1. The Balaban J connectivity index is 0.640. The predicted octanol–water partition coefficient (Wildman–Crippen LogP) is 4.43. The number of carbonyl (C=O) groups is 4. The topological polar surface area (TPSA) is 162 Å². The minimum absolute atomic E-state index is 0.0120. The smallest absolute Gasteiger partial charge is 0.255 e. The van der Waals surface area contributed by atoms with E-state index in [2.05, 4.69) is 64.7 Å². The van der Waals surface area contributed by atoms with E-state index < -0.39 is 29.1 Å². The van der Waals surface area contributed by atoms with Gasteiger partial charge in [0.25, 0.3) is 5.91 Å². The number of piperazine rings is 1. The summed E-state index contributed by atoms with van der Waals surface area (Å²) < 4.78 is 31.2. The molecule has 7 aliphatic heterocycles. The van der Waals surface area contributed by atoms with Gasteiger partial charge in [0, 0.05) is 101 Å². The molecule has 6 fully saturated rings. The minimum atomic E-state index is -0.610. The van der Waals surface area contributed by atoms with E-state index in [9.17, 15) is 19.2 Å². The second-order valence-corrected chi connectivity index (χ2v) is 21.8. The summed E-state index contributed by atoms with van der Waals surface area (Å²) in [7, 11) is 0. The highest BCUT2D eigenvalue weighted by Crippen LogP contribution is 2.40. The Morgan fingerprint density at radius 3 is 2.26 bits per heavy atom. The molecule has 8 heterocycles. The van der Waals surface area contributed by atoms with Gasteiger partial charge in [-0.3, -0.25) is 29.4 Å². The average molecular weight is 951 g/mol. The van der Waals surface area contributed by atoms with Crippen LogP contribution in [0.15, 0.2) is 42.7 Å². The van der Waals surface area contributed by atoms with Crippen molar-refractivity contribution in [3.8, 4) is 0 Å². The molecule has 2 atom stereocenters. The van der Waals surface area contributed by atoms with Crippen molar-refractivity contribution in [1.82, 2.24) is 40.2 Å². The van der Waals surface area contributed by atoms with Crippen molar-refractivity contribution in [2.75, 3.05) is 112 Å². The fourth-order valence-electron chi connectivity index (χ4n) is 12.0. The number of anilines is 4. The second kappa shape index (κ2) is 19.4. The molecule has 1 aromatic heterocycles. The molecule has 2 aromatic carbocycles. The average Bonchev–Trinajstić information content (AvgIpc) is 4.02. The molecule has 0 radical (unpaired) electrons. The summed E-state index contributed by atoms with van der Waals surface area (Å²) in [5.74, 6) is -0.330. The molecule has 4 N–H and O–H groups in total. The lowest BCUT2D eigenvalue weighted by Gasteiger charge is -2.48. The van der Waals surface area contributed by atoms with Crippen molar-refractivity contribution < 1.29 is 28.0 Å². The van der Waals surface area contributed by atoms with Gasteiger partial charge in [-0.1, -0.05) is 13.8 Å². The summed E-state index contributed by atoms with van der Waals surface area (Å²) in [4.78, 5) is 72.2. The molecule has 0 aliphatic carbocycles. The van der Waals surface area contributed by atoms with E-state index in [0.717, 1.165) is 108 Å². The van der Waals surface area contributed by atoms with E-state index in [4.69, 9.17) is 0 Å². The van der Waals surface area contributed by atoms with Crippen molar-refractivity contribution >= 4 is 46.6 Å². The van der Waals surface area contributed by atoms with Crippen molar-refractivity contribution in [3.63, 3.8) is 0 Å². The van der Waals surface area contributed by atoms with E-state index in [1.54, 1.807) is 16.1 Å². The van der Waals surface area contributed by atoms with Crippen LogP contribution >= 0.6 is 0 Å². The first-order valence-electron chi connectivity index (χ1n) is 25.2. The summed E-state index contributed by atoms with van der Waals surface area (Å²) >= 11 is 0. The van der Waals surface area contributed by atoms with Crippen LogP contribution in [0.3, 0.4) is 0 Å². The van der Waals surface area contributed by atoms with Crippen LogP contribution in [0.4, 0.5) is 31.8 Å². The number of amides is 4. The van der Waals surface area contributed by atoms with E-state index in [0.29, 0.717) is 68.5 Å². The standard InChI is InChI=1S/C51H68F2N12O4/c1-49(2)8-17-60(18-9-49)28-36-25-40(53)42(26-39(36)52)64-30-46(67)59-51(33-64)12-21-63(22-13-51)44-27-43(56-34-57-44)55-15-23-62-20-11-50(32-62)10-19-61(31-50)16-3-14-54-37-4-5-38-35(24-37)29-65(48(38)69)41-6-7-45(66)58-47(41)68/h4-5,24-27,34,41,54H,3,6-23,28-33H2,1-2H3,(H,59,67)(H,55,56,57)(H,58,66,68)/t41?,50-/m1/s1. The number of benzene rings is 2. The summed E-state index contributed by atoms with van der Waals surface area (Å²) in [5.41, 5.74) is 3.06. The number of aromatic nitrogens is 2. The maximum absolute atomic E-state index is 15.7. The quantitative estimate of drug-likeness (QED) is 0.133. The van der Waals surface area contributed by atoms with E-state index in [-0.39, 0.29) is 41.8 Å². The van der Waals surface area contributed by atoms with Crippen LogP contribution in [0, 0.1) is 22.5 Å². The zero-order valence-electron chi connectivity index (χ0n) is 40.3. The first-order valence-corrected chi connectivity index (χ1v) is 25.2. The molecule has 1 unspecified atom stereocenters. The predicted molar refractivity (Wildman–Crippen MR) is 260 cm³/mol. The van der Waals surface area contributed by atoms with Gasteiger partial charge in [0.2, 0.25) is 17.7 Å². The molecule has 2 spiro atoms. The first kappa shape index (κ1) is 47.2. The number of halogens is 2. The number of likely N-dealkylation sites (tertiary alicyclic amines) is 3. The van der Waals surface area contributed by atoms with Crippen LogP contribution in [0.2, 0.25) is 0 Å². The van der Waals surface area contributed by atoms with Gasteiger partial charge < -0.3 is 40.4 Å². The number of nitrogens with zero attached hydrogens (tertiary/aromatic N) is 8. The molecule has 16 nitrogen and oxygen atoms in total. The van der Waals surface area contributed by atoms with Crippen LogP contribution < -0.4 is 31.1 Å². The third-order valence-electron chi connectivity index (χ3n) is 16.3. The van der Waals surface area contributed by atoms with E-state index in [1.165, 1.54) is 25.0 Å². The van der Waals surface area contributed by atoms with Gasteiger partial charge in [-0.15, -0.1) is 0 Å². The number of imide groups is 1. The van der Waals surface area contributed by atoms with Crippen molar-refractivity contribution in [2.45, 2.75) is 96.3 Å². The molecule has 0 bridgehead atoms. The second-order valence-electron chi connectivity index (χ2n) is 21.8. The fraction of sp³-hybridized carbons (Fsp3) is 0.608. The lowest BCUT2D eigenvalue weighted by molar-refractivity contribution is -0.137. The third-order valence-corrected chi connectivity index (χ3v) is 16.3. The maximum atomic E-state index is 15.7. The Kier molecular flexibility index (Phi) is 13.3. The van der Waals surface area contributed by atoms with Crippen LogP contribution in [-0.2, 0) is 27.5 Å². The molecule has 6 saturated heterocycles. The molecule has 18 heteroatoms. The number of nitrogens with one attached hydrogen (secondary N) is 4. The summed E-state index contributed by atoms with van der Waals surface area (Å²) in [6.45, 7) is 16.6. The number of hydrogen-bond acceptors (Lipinski definition) is 13. The summed E-state index contributed by atoms with van der Waals surface area (Å²) in [5, 5.41) is 12.7. The monoisotopic (exact) mass is 951 g/mol. The highest BCUT2D eigenvalue weighted by Gasteiger charge is 2.44. The normalized spacial score (nSPS) is 25.2. The molecule has 0 saturated carbocycles. The third kappa shape index (κ3) is 10.5. The van der Waals surface area contributed by atoms with Gasteiger partial charge in [0.1, 0.15) is 35.6 Å². The van der Waals surface area contributed by atoms with Crippen LogP contribution in [0.1, 0.15) is 93.1 Å². The molecule has 4 amide bonds. The van der Waals surface area contributed by atoms with Crippen molar-refractivity contribution in [1.29, 1.82) is 0 Å². The van der Waals surface area contributed by atoms with Crippen LogP contribution in [-0.4, -0.2) is 156 Å². The Morgan fingerprint density at radius 2 is 1.49 bits per heavy atom. The summed E-state index contributed by atoms with van der Waals surface area (Å²) in [6, 6.07) is 9.79. The van der Waals surface area contributed by atoms with Crippen LogP contribution in [0.5, 0.6) is 0 Å². The number of rotatable bonds is 14. The van der Waals surface area contributed by atoms with E-state index >= 15 is 8.78 Å². The molecule has 7 aliphatic rings. The highest BCUT2D eigenvalue weighted by molar-refractivity contribution is 6.05. The number of hydrogen-bond donors (Lipinski definition) is 4. The largest absolute Gasteiger partial charge is 0.385 e. The Hall–Kier alpha value is -5.46. The molecule has 370 valence electrons. The molecule has 69 heavy (non-hydrogen) atoms. The highest BCUT2D eigenvalue weighted by atomic mass is 19.1. The maximum Gasteiger partial charge on any atom is 0.255 e. The van der Waals surface area contributed by atoms with Crippen LogP contribution in [0.25, 0.3) is 0 Å². The van der Waals surface area contributed by atoms with Gasteiger partial charge in [0.15, 0.2) is 0 Å². The molecular formula is C51H68F2N12O4. The van der Waals surface area contributed by atoms with E-state index in [1.807, 2.05) is 24.3 Å².